The summed E-state index contributed by atoms with van der Waals surface area (Å²) in [5, 5.41) is 4.22. The predicted octanol–water partition coefficient (Wildman–Crippen LogP) is 4.33. The highest BCUT2D eigenvalue weighted by atomic mass is 35.5. The normalized spacial score (nSPS) is 10.4. The van der Waals surface area contributed by atoms with E-state index in [0.717, 1.165) is 11.1 Å². The molecule has 0 bridgehead atoms. The topological polar surface area (TPSA) is 55.4 Å². The SMILES string of the molecule is COC(=O)c1sc(NC(=O)Cc2ccc(Cl)c(Cl)c2)cc1C. The second-order valence-electron chi connectivity index (χ2n) is 4.59. The Balaban J connectivity index is 2.06. The number of rotatable bonds is 4. The minimum Gasteiger partial charge on any atom is -0.465 e. The fourth-order valence-electron chi connectivity index (χ4n) is 1.86. The number of thiophene rings is 1. The first kappa shape index (κ1) is 16.8. The van der Waals surface area contributed by atoms with Gasteiger partial charge >= 0.3 is 5.97 Å². The van der Waals surface area contributed by atoms with Crippen LogP contribution in [0.3, 0.4) is 0 Å². The molecule has 116 valence electrons. The Hall–Kier alpha value is -1.56. The fourth-order valence-corrected chi connectivity index (χ4v) is 3.18. The number of methoxy groups -OCH3 is 1. The van der Waals surface area contributed by atoms with Crippen LogP contribution in [0.15, 0.2) is 24.3 Å². The number of esters is 1. The summed E-state index contributed by atoms with van der Waals surface area (Å²) in [6, 6.07) is 6.79. The summed E-state index contributed by atoms with van der Waals surface area (Å²) in [5.41, 5.74) is 1.52. The first-order valence-corrected chi connectivity index (χ1v) is 7.90. The molecule has 1 heterocycles. The Bertz CT molecular complexity index is 728. The minimum atomic E-state index is -0.410. The van der Waals surface area contributed by atoms with Crippen molar-refractivity contribution in [1.82, 2.24) is 0 Å². The molecule has 22 heavy (non-hydrogen) atoms. The van der Waals surface area contributed by atoms with Crippen LogP contribution in [0.4, 0.5) is 5.00 Å². The van der Waals surface area contributed by atoms with Crippen LogP contribution < -0.4 is 5.32 Å². The molecule has 2 rings (SSSR count). The van der Waals surface area contributed by atoms with Crippen LogP contribution in [0.5, 0.6) is 0 Å². The summed E-state index contributed by atoms with van der Waals surface area (Å²) in [6.07, 6.45) is 0.168. The number of hydrogen-bond donors (Lipinski definition) is 1. The van der Waals surface area contributed by atoms with Crippen molar-refractivity contribution in [1.29, 1.82) is 0 Å². The Labute approximate surface area is 142 Å². The fraction of sp³-hybridized carbons (Fsp3) is 0.200. The molecule has 1 aromatic carbocycles. The second kappa shape index (κ2) is 7.13. The first-order valence-electron chi connectivity index (χ1n) is 6.33. The Morgan fingerprint density at radius 3 is 2.59 bits per heavy atom. The molecule has 0 fully saturated rings. The molecule has 0 radical (unpaired) electrons. The molecule has 1 aromatic heterocycles. The largest absolute Gasteiger partial charge is 0.465 e. The van der Waals surface area contributed by atoms with E-state index in [1.165, 1.54) is 18.4 Å². The van der Waals surface area contributed by atoms with Crippen LogP contribution in [0.1, 0.15) is 20.8 Å². The lowest BCUT2D eigenvalue weighted by atomic mass is 10.1. The van der Waals surface area contributed by atoms with E-state index < -0.39 is 5.97 Å². The number of halogens is 2. The standard InChI is InChI=1S/C15H13Cl2NO3S/c1-8-5-13(22-14(8)15(20)21-2)18-12(19)7-9-3-4-10(16)11(17)6-9/h3-6H,7H2,1-2H3,(H,18,19). The molecule has 0 aliphatic rings. The number of benzene rings is 1. The highest BCUT2D eigenvalue weighted by Gasteiger charge is 2.15. The van der Waals surface area contributed by atoms with Gasteiger partial charge in [-0.3, -0.25) is 4.79 Å². The number of carbonyl (C=O) groups is 2. The number of hydrogen-bond acceptors (Lipinski definition) is 4. The summed E-state index contributed by atoms with van der Waals surface area (Å²) < 4.78 is 4.69. The molecule has 0 saturated carbocycles. The number of nitrogens with one attached hydrogen (secondary N) is 1. The van der Waals surface area contributed by atoms with Gasteiger partial charge in [0.15, 0.2) is 0 Å². The molecule has 1 N–H and O–H groups in total. The van der Waals surface area contributed by atoms with Crippen molar-refractivity contribution in [3.05, 3.63) is 50.3 Å². The van der Waals surface area contributed by atoms with Gasteiger partial charge < -0.3 is 10.1 Å². The van der Waals surface area contributed by atoms with Crippen LogP contribution in [-0.2, 0) is 16.0 Å². The molecule has 4 nitrogen and oxygen atoms in total. The lowest BCUT2D eigenvalue weighted by molar-refractivity contribution is -0.115. The minimum absolute atomic E-state index is 0.168. The van der Waals surface area contributed by atoms with Gasteiger partial charge in [-0.1, -0.05) is 29.3 Å². The van der Waals surface area contributed by atoms with Crippen molar-refractivity contribution in [3.8, 4) is 0 Å². The van der Waals surface area contributed by atoms with Crippen molar-refractivity contribution in [3.63, 3.8) is 0 Å². The molecule has 0 aliphatic carbocycles. The van der Waals surface area contributed by atoms with Crippen LogP contribution in [0.2, 0.25) is 10.0 Å². The maximum absolute atomic E-state index is 12.0. The zero-order chi connectivity index (χ0) is 16.3. The Morgan fingerprint density at radius 2 is 1.95 bits per heavy atom. The second-order valence-corrected chi connectivity index (χ2v) is 6.45. The molecular weight excluding hydrogens is 345 g/mol. The van der Waals surface area contributed by atoms with Crippen LogP contribution in [0, 0.1) is 6.92 Å². The molecule has 0 atom stereocenters. The van der Waals surface area contributed by atoms with Crippen molar-refractivity contribution >= 4 is 51.4 Å². The molecule has 0 unspecified atom stereocenters. The molecule has 2 aromatic rings. The maximum Gasteiger partial charge on any atom is 0.348 e. The summed E-state index contributed by atoms with van der Waals surface area (Å²) in [4.78, 5) is 24.1. The third-order valence-corrected chi connectivity index (χ3v) is 4.77. The van der Waals surface area contributed by atoms with Crippen molar-refractivity contribution < 1.29 is 14.3 Å². The number of amides is 1. The number of ether oxygens (including phenoxy) is 1. The lowest BCUT2D eigenvalue weighted by Crippen LogP contribution is -2.13. The smallest absolute Gasteiger partial charge is 0.348 e. The van der Waals surface area contributed by atoms with Gasteiger partial charge in [0.05, 0.1) is 28.6 Å². The van der Waals surface area contributed by atoms with Crippen molar-refractivity contribution in [2.75, 3.05) is 12.4 Å². The monoisotopic (exact) mass is 357 g/mol. The van der Waals surface area contributed by atoms with E-state index in [9.17, 15) is 9.59 Å². The van der Waals surface area contributed by atoms with E-state index in [1.54, 1.807) is 31.2 Å². The van der Waals surface area contributed by atoms with E-state index in [1.807, 2.05) is 0 Å². The molecule has 0 aliphatic heterocycles. The number of anilines is 1. The highest BCUT2D eigenvalue weighted by molar-refractivity contribution is 7.18. The van der Waals surface area contributed by atoms with Gasteiger partial charge in [0.1, 0.15) is 4.88 Å². The maximum atomic E-state index is 12.0. The quantitative estimate of drug-likeness (QED) is 0.828. The highest BCUT2D eigenvalue weighted by Crippen LogP contribution is 2.27. The summed E-state index contributed by atoms with van der Waals surface area (Å²) >= 11 is 12.9. The van der Waals surface area contributed by atoms with Gasteiger partial charge in [0, 0.05) is 0 Å². The van der Waals surface area contributed by atoms with Gasteiger partial charge in [-0.2, -0.15) is 0 Å². The summed E-state index contributed by atoms with van der Waals surface area (Å²) in [7, 11) is 1.32. The van der Waals surface area contributed by atoms with Crippen molar-refractivity contribution in [2.24, 2.45) is 0 Å². The van der Waals surface area contributed by atoms with E-state index >= 15 is 0 Å². The van der Waals surface area contributed by atoms with Crippen LogP contribution >= 0.6 is 34.5 Å². The van der Waals surface area contributed by atoms with E-state index in [0.29, 0.717) is 19.9 Å². The van der Waals surface area contributed by atoms with Gasteiger partial charge in [0.2, 0.25) is 5.91 Å². The third kappa shape index (κ3) is 4.00. The first-order chi connectivity index (χ1) is 10.4. The zero-order valence-corrected chi connectivity index (χ0v) is 14.2. The average Bonchev–Trinajstić information content (AvgIpc) is 2.82. The molecule has 7 heteroatoms. The summed E-state index contributed by atoms with van der Waals surface area (Å²) in [5.74, 6) is -0.608. The van der Waals surface area contributed by atoms with Gasteiger partial charge in [-0.15, -0.1) is 11.3 Å². The summed E-state index contributed by atoms with van der Waals surface area (Å²) in [6.45, 7) is 1.79. The molecule has 1 amide bonds. The van der Waals surface area contributed by atoms with Crippen LogP contribution in [0.25, 0.3) is 0 Å². The van der Waals surface area contributed by atoms with Gasteiger partial charge in [-0.25, -0.2) is 4.79 Å². The molecular formula is C15H13Cl2NO3S. The van der Waals surface area contributed by atoms with Gasteiger partial charge in [0.25, 0.3) is 0 Å². The van der Waals surface area contributed by atoms with E-state index in [-0.39, 0.29) is 12.3 Å². The zero-order valence-electron chi connectivity index (χ0n) is 11.9. The Morgan fingerprint density at radius 1 is 1.23 bits per heavy atom. The van der Waals surface area contributed by atoms with E-state index in [2.05, 4.69) is 10.1 Å². The third-order valence-electron chi connectivity index (χ3n) is 2.90. The van der Waals surface area contributed by atoms with Gasteiger partial charge in [-0.05, 0) is 36.2 Å². The Kier molecular flexibility index (Phi) is 5.45. The number of aryl methyl sites for hydroxylation is 1. The molecule has 0 saturated heterocycles. The van der Waals surface area contributed by atoms with E-state index in [4.69, 9.17) is 23.2 Å². The predicted molar refractivity (Wildman–Crippen MR) is 89.2 cm³/mol. The van der Waals surface area contributed by atoms with Crippen molar-refractivity contribution in [2.45, 2.75) is 13.3 Å². The average molecular weight is 358 g/mol. The molecule has 0 spiro atoms. The number of carbonyl (C=O) groups excluding carboxylic acids is 2. The lowest BCUT2D eigenvalue weighted by Gasteiger charge is -2.04. The van der Waals surface area contributed by atoms with Crippen LogP contribution in [-0.4, -0.2) is 19.0 Å².